The Hall–Kier alpha value is -2.04. The van der Waals surface area contributed by atoms with Gasteiger partial charge >= 0.3 is 0 Å². The molecule has 1 aliphatic heterocycles. The van der Waals surface area contributed by atoms with Gasteiger partial charge < -0.3 is 5.32 Å². The lowest BCUT2D eigenvalue weighted by molar-refractivity contribution is -0.121. The number of benzene rings is 2. The number of imide groups is 1. The summed E-state index contributed by atoms with van der Waals surface area (Å²) in [6.45, 7) is 3.98. The number of carbonyl (C=O) groups is 2. The Balaban J connectivity index is 1.89. The SMILES string of the molecule is Cc1cccc(NC2CC(=O)N(c3cccc(Cl)c3Cl)C2=O)c1C. The Labute approximate surface area is 150 Å². The van der Waals surface area contributed by atoms with E-state index >= 15 is 0 Å². The predicted molar refractivity (Wildman–Crippen MR) is 96.9 cm³/mol. The minimum Gasteiger partial charge on any atom is -0.373 e. The molecule has 0 spiro atoms. The van der Waals surface area contributed by atoms with E-state index in [1.54, 1.807) is 18.2 Å². The lowest BCUT2D eigenvalue weighted by atomic mass is 10.1. The first-order chi connectivity index (χ1) is 11.4. The molecule has 2 aromatic rings. The van der Waals surface area contributed by atoms with Crippen molar-refractivity contribution in [2.45, 2.75) is 26.3 Å². The van der Waals surface area contributed by atoms with Gasteiger partial charge in [0.05, 0.1) is 22.2 Å². The molecule has 0 radical (unpaired) electrons. The molecule has 1 unspecified atom stereocenters. The second-order valence-electron chi connectivity index (χ2n) is 5.79. The summed E-state index contributed by atoms with van der Waals surface area (Å²) < 4.78 is 0. The number of amides is 2. The number of carbonyl (C=O) groups excluding carboxylic acids is 2. The van der Waals surface area contributed by atoms with Gasteiger partial charge in [0, 0.05) is 5.69 Å². The van der Waals surface area contributed by atoms with Gasteiger partial charge in [-0.3, -0.25) is 9.59 Å². The summed E-state index contributed by atoms with van der Waals surface area (Å²) in [5.74, 6) is -0.628. The highest BCUT2D eigenvalue weighted by Gasteiger charge is 2.40. The molecule has 6 heteroatoms. The Kier molecular flexibility index (Phi) is 4.52. The second kappa shape index (κ2) is 6.46. The van der Waals surface area contributed by atoms with Crippen molar-refractivity contribution in [3.05, 3.63) is 57.6 Å². The fourth-order valence-corrected chi connectivity index (χ4v) is 3.14. The van der Waals surface area contributed by atoms with Crippen LogP contribution in [0, 0.1) is 13.8 Å². The van der Waals surface area contributed by atoms with E-state index in [0.717, 1.165) is 21.7 Å². The maximum atomic E-state index is 12.7. The van der Waals surface area contributed by atoms with Crippen LogP contribution in [0.15, 0.2) is 36.4 Å². The fourth-order valence-electron chi connectivity index (χ4n) is 2.76. The number of halogens is 2. The normalized spacial score (nSPS) is 17.5. The van der Waals surface area contributed by atoms with E-state index in [2.05, 4.69) is 5.32 Å². The highest BCUT2D eigenvalue weighted by atomic mass is 35.5. The number of nitrogens with one attached hydrogen (secondary N) is 1. The van der Waals surface area contributed by atoms with Crippen LogP contribution in [0.25, 0.3) is 0 Å². The number of hydrogen-bond donors (Lipinski definition) is 1. The standard InChI is InChI=1S/C18H16Cl2N2O2/c1-10-5-3-7-13(11(10)2)21-14-9-16(23)22(18(14)24)15-8-4-6-12(19)17(15)20/h3-8,14,21H,9H2,1-2H3. The number of anilines is 2. The molecule has 2 amide bonds. The molecule has 1 aliphatic rings. The van der Waals surface area contributed by atoms with Gasteiger partial charge in [-0.05, 0) is 43.2 Å². The van der Waals surface area contributed by atoms with Crippen molar-refractivity contribution in [2.24, 2.45) is 0 Å². The van der Waals surface area contributed by atoms with E-state index in [9.17, 15) is 9.59 Å². The van der Waals surface area contributed by atoms with Gasteiger partial charge in [0.25, 0.3) is 5.91 Å². The largest absolute Gasteiger partial charge is 0.373 e. The van der Waals surface area contributed by atoms with Crippen molar-refractivity contribution in [2.75, 3.05) is 10.2 Å². The Bertz CT molecular complexity index is 836. The van der Waals surface area contributed by atoms with Crippen LogP contribution >= 0.6 is 23.2 Å². The van der Waals surface area contributed by atoms with Crippen LogP contribution in [-0.4, -0.2) is 17.9 Å². The summed E-state index contributed by atoms with van der Waals surface area (Å²) >= 11 is 12.2. The van der Waals surface area contributed by atoms with Gasteiger partial charge in [-0.1, -0.05) is 41.4 Å². The molecule has 2 aromatic carbocycles. The molecule has 1 N–H and O–H groups in total. The third kappa shape index (κ3) is 2.87. The quantitative estimate of drug-likeness (QED) is 0.825. The molecule has 3 rings (SSSR count). The molecule has 1 heterocycles. The first-order valence-corrected chi connectivity index (χ1v) is 8.29. The Morgan fingerprint density at radius 1 is 1.08 bits per heavy atom. The van der Waals surface area contributed by atoms with Gasteiger partial charge in [-0.2, -0.15) is 0 Å². The highest BCUT2D eigenvalue weighted by Crippen LogP contribution is 2.35. The smallest absolute Gasteiger partial charge is 0.256 e. The lowest BCUT2D eigenvalue weighted by Crippen LogP contribution is -2.35. The van der Waals surface area contributed by atoms with Crippen molar-refractivity contribution in [1.82, 2.24) is 0 Å². The molecule has 1 fully saturated rings. The minimum absolute atomic E-state index is 0.0784. The molecule has 1 atom stereocenters. The van der Waals surface area contributed by atoms with Crippen molar-refractivity contribution in [3.8, 4) is 0 Å². The van der Waals surface area contributed by atoms with Gasteiger partial charge in [0.15, 0.2) is 0 Å². The molecule has 24 heavy (non-hydrogen) atoms. The maximum absolute atomic E-state index is 12.7. The van der Waals surface area contributed by atoms with Crippen molar-refractivity contribution in [1.29, 1.82) is 0 Å². The molecule has 4 nitrogen and oxygen atoms in total. The summed E-state index contributed by atoms with van der Waals surface area (Å²) in [4.78, 5) is 26.2. The van der Waals surface area contributed by atoms with Crippen molar-refractivity contribution >= 4 is 46.4 Å². The van der Waals surface area contributed by atoms with Gasteiger partial charge in [-0.25, -0.2) is 4.90 Å². The molecule has 124 valence electrons. The second-order valence-corrected chi connectivity index (χ2v) is 6.57. The zero-order valence-corrected chi connectivity index (χ0v) is 14.8. The van der Waals surface area contributed by atoms with E-state index in [4.69, 9.17) is 23.2 Å². The zero-order chi connectivity index (χ0) is 17.4. The summed E-state index contributed by atoms with van der Waals surface area (Å²) in [6, 6.07) is 10.1. The number of aryl methyl sites for hydroxylation is 1. The van der Waals surface area contributed by atoms with Gasteiger partial charge in [0.2, 0.25) is 5.91 Å². The van der Waals surface area contributed by atoms with Crippen molar-refractivity contribution in [3.63, 3.8) is 0 Å². The number of hydrogen-bond acceptors (Lipinski definition) is 3. The van der Waals surface area contributed by atoms with Crippen LogP contribution in [0.3, 0.4) is 0 Å². The topological polar surface area (TPSA) is 49.4 Å². The zero-order valence-electron chi connectivity index (χ0n) is 13.3. The maximum Gasteiger partial charge on any atom is 0.256 e. The molecule has 0 bridgehead atoms. The van der Waals surface area contributed by atoms with Crippen LogP contribution in [0.2, 0.25) is 10.0 Å². The van der Waals surface area contributed by atoms with E-state index in [1.165, 1.54) is 0 Å². The van der Waals surface area contributed by atoms with Crippen LogP contribution in [-0.2, 0) is 9.59 Å². The number of rotatable bonds is 3. The summed E-state index contributed by atoms with van der Waals surface area (Å²) in [5, 5.41) is 3.68. The van der Waals surface area contributed by atoms with Gasteiger partial charge in [0.1, 0.15) is 6.04 Å². The Morgan fingerprint density at radius 2 is 1.79 bits per heavy atom. The minimum atomic E-state index is -0.618. The van der Waals surface area contributed by atoms with Crippen LogP contribution < -0.4 is 10.2 Å². The number of nitrogens with zero attached hydrogens (tertiary/aromatic N) is 1. The molecule has 1 saturated heterocycles. The predicted octanol–water partition coefficient (Wildman–Crippen LogP) is 4.35. The van der Waals surface area contributed by atoms with Gasteiger partial charge in [-0.15, -0.1) is 0 Å². The van der Waals surface area contributed by atoms with Crippen LogP contribution in [0.5, 0.6) is 0 Å². The molecule has 0 aromatic heterocycles. The van der Waals surface area contributed by atoms with Crippen molar-refractivity contribution < 1.29 is 9.59 Å². The lowest BCUT2D eigenvalue weighted by Gasteiger charge is -2.18. The van der Waals surface area contributed by atoms with E-state index in [0.29, 0.717) is 10.7 Å². The highest BCUT2D eigenvalue weighted by molar-refractivity contribution is 6.45. The first kappa shape index (κ1) is 16.8. The Morgan fingerprint density at radius 3 is 2.54 bits per heavy atom. The average Bonchev–Trinajstić information content (AvgIpc) is 2.81. The monoisotopic (exact) mass is 362 g/mol. The molecular formula is C18H16Cl2N2O2. The van der Waals surface area contributed by atoms with Crippen LogP contribution in [0.1, 0.15) is 17.5 Å². The summed E-state index contributed by atoms with van der Waals surface area (Å²) in [6.07, 6.45) is 0.0784. The molecule has 0 saturated carbocycles. The van der Waals surface area contributed by atoms with Crippen LogP contribution in [0.4, 0.5) is 11.4 Å². The first-order valence-electron chi connectivity index (χ1n) is 7.53. The summed E-state index contributed by atoms with van der Waals surface area (Å²) in [5.41, 5.74) is 3.34. The third-order valence-electron chi connectivity index (χ3n) is 4.25. The molecule has 0 aliphatic carbocycles. The average molecular weight is 363 g/mol. The molecular weight excluding hydrogens is 347 g/mol. The fraction of sp³-hybridized carbons (Fsp3) is 0.222. The van der Waals surface area contributed by atoms with E-state index < -0.39 is 6.04 Å². The van der Waals surface area contributed by atoms with E-state index in [-0.39, 0.29) is 23.3 Å². The summed E-state index contributed by atoms with van der Waals surface area (Å²) in [7, 11) is 0. The third-order valence-corrected chi connectivity index (χ3v) is 5.06. The van der Waals surface area contributed by atoms with E-state index in [1.807, 2.05) is 32.0 Å².